The van der Waals surface area contributed by atoms with Gasteiger partial charge in [-0.25, -0.2) is 19.9 Å². The topological polar surface area (TPSA) is 91.4 Å². The molecule has 0 bridgehead atoms. The molecular formula is C22H26N6O2. The minimum Gasteiger partial charge on any atom is -0.463 e. The van der Waals surface area contributed by atoms with E-state index in [1.54, 1.807) is 12.5 Å². The molecule has 30 heavy (non-hydrogen) atoms. The first-order chi connectivity index (χ1) is 14.8. The highest BCUT2D eigenvalue weighted by atomic mass is 16.3. The number of aliphatic hydroxyl groups excluding tert-OH is 1. The largest absolute Gasteiger partial charge is 0.463 e. The van der Waals surface area contributed by atoms with E-state index in [9.17, 15) is 5.11 Å². The molecule has 156 valence electrons. The number of aromatic nitrogens is 4. The second kappa shape index (κ2) is 8.39. The van der Waals surface area contributed by atoms with E-state index in [-0.39, 0.29) is 12.5 Å². The van der Waals surface area contributed by atoms with Gasteiger partial charge in [0.05, 0.1) is 12.0 Å². The van der Waals surface area contributed by atoms with Crippen molar-refractivity contribution in [2.45, 2.75) is 25.7 Å². The molecule has 8 heteroatoms. The van der Waals surface area contributed by atoms with Gasteiger partial charge in [0.1, 0.15) is 5.69 Å². The summed E-state index contributed by atoms with van der Waals surface area (Å²) >= 11 is 0. The van der Waals surface area contributed by atoms with E-state index in [0.29, 0.717) is 11.7 Å². The minimum atomic E-state index is 0.194. The summed E-state index contributed by atoms with van der Waals surface area (Å²) in [6.07, 6.45) is 9.69. The molecule has 1 N–H and O–H groups in total. The van der Waals surface area contributed by atoms with Gasteiger partial charge in [0.25, 0.3) is 0 Å². The fraction of sp³-hybridized carbons (Fsp3) is 0.455. The van der Waals surface area contributed by atoms with Crippen LogP contribution in [-0.2, 0) is 0 Å². The Hall–Kier alpha value is -3.00. The van der Waals surface area contributed by atoms with Crippen molar-refractivity contribution in [2.75, 3.05) is 42.6 Å². The monoisotopic (exact) mass is 406 g/mol. The minimum absolute atomic E-state index is 0.194. The predicted octanol–water partition coefficient (Wildman–Crippen LogP) is 3.00. The number of anilines is 2. The fourth-order valence-electron chi connectivity index (χ4n) is 4.28. The van der Waals surface area contributed by atoms with Gasteiger partial charge < -0.3 is 19.3 Å². The van der Waals surface area contributed by atoms with Crippen LogP contribution in [0.15, 0.2) is 41.3 Å². The van der Waals surface area contributed by atoms with E-state index >= 15 is 0 Å². The van der Waals surface area contributed by atoms with Crippen LogP contribution in [0.4, 0.5) is 11.9 Å². The van der Waals surface area contributed by atoms with Crippen molar-refractivity contribution in [2.24, 2.45) is 5.92 Å². The summed E-state index contributed by atoms with van der Waals surface area (Å²) in [4.78, 5) is 23.2. The third kappa shape index (κ3) is 3.75. The summed E-state index contributed by atoms with van der Waals surface area (Å²) in [5.41, 5.74) is 2.34. The van der Waals surface area contributed by atoms with Crippen molar-refractivity contribution in [3.05, 3.63) is 36.9 Å². The quantitative estimate of drug-likeness (QED) is 0.691. The number of piperidine rings is 1. The molecular weight excluding hydrogens is 380 g/mol. The molecule has 0 aliphatic carbocycles. The average Bonchev–Trinajstić information content (AvgIpc) is 3.53. The molecule has 1 atom stereocenters. The van der Waals surface area contributed by atoms with Crippen LogP contribution in [0.2, 0.25) is 0 Å². The Morgan fingerprint density at radius 2 is 1.83 bits per heavy atom. The summed E-state index contributed by atoms with van der Waals surface area (Å²) in [5.74, 6) is 2.36. The molecule has 8 nitrogen and oxygen atoms in total. The van der Waals surface area contributed by atoms with Gasteiger partial charge in [-0.15, -0.1) is 0 Å². The first-order valence-corrected chi connectivity index (χ1v) is 10.7. The molecule has 2 aliphatic heterocycles. The Kier molecular flexibility index (Phi) is 5.31. The van der Waals surface area contributed by atoms with Crippen LogP contribution in [0.3, 0.4) is 0 Å². The molecule has 0 aromatic carbocycles. The first-order valence-electron chi connectivity index (χ1n) is 10.7. The van der Waals surface area contributed by atoms with Crippen LogP contribution in [0, 0.1) is 5.92 Å². The van der Waals surface area contributed by atoms with E-state index in [0.717, 1.165) is 61.9 Å². The van der Waals surface area contributed by atoms with Crippen molar-refractivity contribution in [3.8, 4) is 22.7 Å². The van der Waals surface area contributed by atoms with Crippen molar-refractivity contribution in [1.29, 1.82) is 0 Å². The number of furan rings is 1. The molecule has 0 saturated carbocycles. The van der Waals surface area contributed by atoms with Gasteiger partial charge >= 0.3 is 0 Å². The maximum atomic E-state index is 9.57. The Labute approximate surface area is 175 Å². The van der Waals surface area contributed by atoms with Gasteiger partial charge in [0, 0.05) is 50.7 Å². The van der Waals surface area contributed by atoms with E-state index in [1.807, 2.05) is 24.4 Å². The van der Waals surface area contributed by atoms with Gasteiger partial charge in [-0.1, -0.05) is 0 Å². The maximum absolute atomic E-state index is 9.57. The van der Waals surface area contributed by atoms with Crippen molar-refractivity contribution in [3.63, 3.8) is 0 Å². The van der Waals surface area contributed by atoms with Crippen LogP contribution < -0.4 is 9.80 Å². The Morgan fingerprint density at radius 1 is 1.00 bits per heavy atom. The van der Waals surface area contributed by atoms with Crippen LogP contribution >= 0.6 is 0 Å². The summed E-state index contributed by atoms with van der Waals surface area (Å²) in [7, 11) is 0. The molecule has 0 radical (unpaired) electrons. The lowest BCUT2D eigenvalue weighted by molar-refractivity contribution is 0.208. The maximum Gasteiger partial charge on any atom is 0.226 e. The van der Waals surface area contributed by atoms with E-state index < -0.39 is 0 Å². The molecule has 2 aliphatic rings. The van der Waals surface area contributed by atoms with Gasteiger partial charge in [-0.05, 0) is 49.8 Å². The van der Waals surface area contributed by atoms with Crippen LogP contribution in [0.5, 0.6) is 0 Å². The van der Waals surface area contributed by atoms with Crippen molar-refractivity contribution < 1.29 is 9.52 Å². The average molecular weight is 406 g/mol. The van der Waals surface area contributed by atoms with Crippen LogP contribution in [0.1, 0.15) is 25.7 Å². The molecule has 5 rings (SSSR count). The zero-order valence-corrected chi connectivity index (χ0v) is 16.9. The van der Waals surface area contributed by atoms with E-state index in [4.69, 9.17) is 14.4 Å². The summed E-state index contributed by atoms with van der Waals surface area (Å²) < 4.78 is 5.69. The second-order valence-corrected chi connectivity index (χ2v) is 7.98. The first kappa shape index (κ1) is 19.0. The highest BCUT2D eigenvalue weighted by Gasteiger charge is 2.24. The van der Waals surface area contributed by atoms with Gasteiger partial charge in [0.2, 0.25) is 11.9 Å². The third-order valence-electron chi connectivity index (χ3n) is 5.90. The lowest BCUT2D eigenvalue weighted by Gasteiger charge is -2.32. The molecule has 2 saturated heterocycles. The SMILES string of the molecule is OC[C@@H]1CCCN(c2ncc(-c3ccnc(N4CCCC4)n3)c(-c3ccco3)n2)C1. The smallest absolute Gasteiger partial charge is 0.226 e. The zero-order chi connectivity index (χ0) is 20.3. The second-order valence-electron chi connectivity index (χ2n) is 7.98. The van der Waals surface area contributed by atoms with Gasteiger partial charge in [-0.2, -0.15) is 0 Å². The standard InChI is InChI=1S/C22H26N6O2/c29-15-16-5-3-11-28(14-16)22-24-13-17(20(26-22)19-6-4-12-30-19)18-7-8-23-21(25-18)27-9-1-2-10-27/h4,6-8,12-13,16,29H,1-3,5,9-11,14-15H2/t16-/m1/s1. The predicted molar refractivity (Wildman–Crippen MR) is 114 cm³/mol. The van der Waals surface area contributed by atoms with Crippen molar-refractivity contribution in [1.82, 2.24) is 19.9 Å². The van der Waals surface area contributed by atoms with Crippen LogP contribution in [0.25, 0.3) is 22.7 Å². The number of aliphatic hydroxyl groups is 1. The zero-order valence-electron chi connectivity index (χ0n) is 16.9. The summed E-state index contributed by atoms with van der Waals surface area (Å²) in [6.45, 7) is 3.83. The highest BCUT2D eigenvalue weighted by molar-refractivity contribution is 5.77. The van der Waals surface area contributed by atoms with Gasteiger partial charge in [0.15, 0.2) is 5.76 Å². The molecule has 0 amide bonds. The summed E-state index contributed by atoms with van der Waals surface area (Å²) in [5, 5.41) is 9.57. The molecule has 5 heterocycles. The normalized spacial score (nSPS) is 19.4. The summed E-state index contributed by atoms with van der Waals surface area (Å²) in [6, 6.07) is 5.66. The number of nitrogens with zero attached hydrogens (tertiary/aromatic N) is 6. The molecule has 3 aromatic heterocycles. The Balaban J connectivity index is 1.53. The van der Waals surface area contributed by atoms with Crippen LogP contribution in [-0.4, -0.2) is 57.8 Å². The van der Waals surface area contributed by atoms with Gasteiger partial charge in [-0.3, -0.25) is 0 Å². The fourth-order valence-corrected chi connectivity index (χ4v) is 4.28. The molecule has 2 fully saturated rings. The molecule has 3 aromatic rings. The third-order valence-corrected chi connectivity index (χ3v) is 5.90. The Morgan fingerprint density at radius 3 is 2.63 bits per heavy atom. The number of hydrogen-bond donors (Lipinski definition) is 1. The molecule has 0 unspecified atom stereocenters. The Bertz CT molecular complexity index is 987. The van der Waals surface area contributed by atoms with E-state index in [1.165, 1.54) is 12.8 Å². The lowest BCUT2D eigenvalue weighted by atomic mass is 9.99. The number of rotatable bonds is 5. The molecule has 0 spiro atoms. The highest BCUT2D eigenvalue weighted by Crippen LogP contribution is 2.32. The lowest BCUT2D eigenvalue weighted by Crippen LogP contribution is -2.37. The number of hydrogen-bond acceptors (Lipinski definition) is 8. The van der Waals surface area contributed by atoms with Crippen molar-refractivity contribution >= 4 is 11.9 Å². The van der Waals surface area contributed by atoms with E-state index in [2.05, 4.69) is 19.8 Å².